The number of allylic oxidation sites excluding steroid dienone is 1. The van der Waals surface area contributed by atoms with E-state index in [1.807, 2.05) is 48.5 Å². The first-order chi connectivity index (χ1) is 12.1. The number of non-ortho nitro benzene ring substituents is 1. The summed E-state index contributed by atoms with van der Waals surface area (Å²) in [5.74, 6) is -0.127. The number of carbonyl (C=O) groups excluding carboxylic acids is 1. The van der Waals surface area contributed by atoms with Crippen LogP contribution >= 0.6 is 0 Å². The van der Waals surface area contributed by atoms with Gasteiger partial charge in [0.25, 0.3) is 5.69 Å². The van der Waals surface area contributed by atoms with Crippen LogP contribution < -0.4 is 0 Å². The molecule has 0 spiro atoms. The van der Waals surface area contributed by atoms with Crippen LogP contribution in [0.4, 0.5) is 5.69 Å². The fourth-order valence-corrected chi connectivity index (χ4v) is 2.54. The molecule has 0 N–H and O–H groups in total. The van der Waals surface area contributed by atoms with Crippen molar-refractivity contribution in [2.75, 3.05) is 0 Å². The lowest BCUT2D eigenvalue weighted by Crippen LogP contribution is -2.02. The maximum Gasteiger partial charge on any atom is 0.270 e. The first kappa shape index (κ1) is 16.3. The minimum Gasteiger partial charge on any atom is -0.289 e. The van der Waals surface area contributed by atoms with Gasteiger partial charge in [0.1, 0.15) is 0 Å². The molecule has 0 aliphatic carbocycles. The van der Waals surface area contributed by atoms with Gasteiger partial charge in [-0.05, 0) is 17.2 Å². The lowest BCUT2D eigenvalue weighted by molar-refractivity contribution is -0.384. The summed E-state index contributed by atoms with van der Waals surface area (Å²) in [5, 5.41) is 11.0. The van der Waals surface area contributed by atoms with Gasteiger partial charge >= 0.3 is 0 Å². The van der Waals surface area contributed by atoms with Gasteiger partial charge in [-0.1, -0.05) is 72.8 Å². The number of nitro groups is 1. The van der Waals surface area contributed by atoms with E-state index in [9.17, 15) is 14.9 Å². The van der Waals surface area contributed by atoms with E-state index in [0.29, 0.717) is 16.7 Å². The molecule has 0 fully saturated rings. The molecule has 0 saturated carbocycles. The van der Waals surface area contributed by atoms with Gasteiger partial charge in [-0.25, -0.2) is 0 Å². The Morgan fingerprint density at radius 3 is 2.00 bits per heavy atom. The molecule has 0 atom stereocenters. The highest BCUT2D eigenvalue weighted by Gasteiger charge is 2.15. The van der Waals surface area contributed by atoms with Crippen LogP contribution in [-0.4, -0.2) is 10.7 Å². The van der Waals surface area contributed by atoms with E-state index < -0.39 is 4.92 Å². The van der Waals surface area contributed by atoms with Crippen LogP contribution in [0.15, 0.2) is 84.9 Å². The maximum absolute atomic E-state index is 13.0. The van der Waals surface area contributed by atoms with Gasteiger partial charge in [-0.15, -0.1) is 0 Å². The Kier molecular flexibility index (Phi) is 4.81. The quantitative estimate of drug-likeness (QED) is 0.217. The summed E-state index contributed by atoms with van der Waals surface area (Å²) in [5.41, 5.74) is 2.43. The molecule has 4 heteroatoms. The minimum atomic E-state index is -0.446. The second-order valence-electron chi connectivity index (χ2n) is 5.47. The molecule has 0 bridgehead atoms. The predicted molar refractivity (Wildman–Crippen MR) is 98.2 cm³/mol. The SMILES string of the molecule is O=C(/C(=C\c1cccc([N+](=O)[O-])c1)c1ccccc1)c1ccccc1. The topological polar surface area (TPSA) is 60.2 Å². The Balaban J connectivity index is 2.10. The molecule has 4 nitrogen and oxygen atoms in total. The standard InChI is InChI=1S/C21H15NO3/c23-21(18-11-5-2-6-12-18)20(17-9-3-1-4-10-17)15-16-8-7-13-19(14-16)22(24)25/h1-15H/b20-15-. The third-order valence-corrected chi connectivity index (χ3v) is 3.76. The first-order valence-corrected chi connectivity index (χ1v) is 7.76. The van der Waals surface area contributed by atoms with E-state index in [4.69, 9.17) is 0 Å². The number of ketones is 1. The van der Waals surface area contributed by atoms with Crippen LogP contribution in [0, 0.1) is 10.1 Å². The fraction of sp³-hybridized carbons (Fsp3) is 0. The van der Waals surface area contributed by atoms with Crippen molar-refractivity contribution in [1.29, 1.82) is 0 Å². The Hall–Kier alpha value is -3.53. The van der Waals surface area contributed by atoms with E-state index in [1.54, 1.807) is 30.3 Å². The highest BCUT2D eigenvalue weighted by Crippen LogP contribution is 2.24. The van der Waals surface area contributed by atoms with E-state index in [-0.39, 0.29) is 11.5 Å². The van der Waals surface area contributed by atoms with Crippen molar-refractivity contribution in [2.24, 2.45) is 0 Å². The summed E-state index contributed by atoms with van der Waals surface area (Å²) >= 11 is 0. The van der Waals surface area contributed by atoms with Gasteiger partial charge in [0, 0.05) is 23.3 Å². The summed E-state index contributed by atoms with van der Waals surface area (Å²) in [7, 11) is 0. The van der Waals surface area contributed by atoms with Crippen molar-refractivity contribution in [3.05, 3.63) is 112 Å². The number of hydrogen-bond acceptors (Lipinski definition) is 3. The summed E-state index contributed by atoms with van der Waals surface area (Å²) in [6.07, 6.45) is 1.69. The number of carbonyl (C=O) groups is 1. The Morgan fingerprint density at radius 1 is 0.800 bits per heavy atom. The zero-order valence-corrected chi connectivity index (χ0v) is 13.3. The maximum atomic E-state index is 13.0. The van der Waals surface area contributed by atoms with Crippen molar-refractivity contribution in [1.82, 2.24) is 0 Å². The molecular weight excluding hydrogens is 314 g/mol. The van der Waals surface area contributed by atoms with Gasteiger partial charge < -0.3 is 0 Å². The lowest BCUT2D eigenvalue weighted by Gasteiger charge is -2.08. The van der Waals surface area contributed by atoms with Gasteiger partial charge in [0.05, 0.1) is 4.92 Å². The van der Waals surface area contributed by atoms with E-state index in [1.165, 1.54) is 12.1 Å². The molecule has 3 rings (SSSR count). The fourth-order valence-electron chi connectivity index (χ4n) is 2.54. The average Bonchev–Trinajstić information content (AvgIpc) is 2.67. The summed E-state index contributed by atoms with van der Waals surface area (Å²) < 4.78 is 0. The second-order valence-corrected chi connectivity index (χ2v) is 5.47. The van der Waals surface area contributed by atoms with Crippen LogP contribution in [0.2, 0.25) is 0 Å². The monoisotopic (exact) mass is 329 g/mol. The van der Waals surface area contributed by atoms with Gasteiger partial charge in [-0.2, -0.15) is 0 Å². The molecule has 0 saturated heterocycles. The highest BCUT2D eigenvalue weighted by molar-refractivity contribution is 6.32. The highest BCUT2D eigenvalue weighted by atomic mass is 16.6. The first-order valence-electron chi connectivity index (χ1n) is 7.76. The van der Waals surface area contributed by atoms with Crippen LogP contribution in [0.25, 0.3) is 11.6 Å². The van der Waals surface area contributed by atoms with E-state index in [0.717, 1.165) is 5.56 Å². The van der Waals surface area contributed by atoms with Crippen LogP contribution in [0.1, 0.15) is 21.5 Å². The molecule has 0 aliphatic heterocycles. The molecule has 0 radical (unpaired) electrons. The number of rotatable bonds is 5. The van der Waals surface area contributed by atoms with E-state index in [2.05, 4.69) is 0 Å². The molecule has 0 heterocycles. The summed E-state index contributed by atoms with van der Waals surface area (Å²) in [6.45, 7) is 0. The van der Waals surface area contributed by atoms with Crippen LogP contribution in [0.3, 0.4) is 0 Å². The predicted octanol–water partition coefficient (Wildman–Crippen LogP) is 5.02. The Morgan fingerprint density at radius 2 is 1.40 bits per heavy atom. The molecule has 122 valence electrons. The van der Waals surface area contributed by atoms with Crippen molar-refractivity contribution in [3.8, 4) is 0 Å². The average molecular weight is 329 g/mol. The van der Waals surface area contributed by atoms with Crippen LogP contribution in [-0.2, 0) is 0 Å². The largest absolute Gasteiger partial charge is 0.289 e. The molecular formula is C21H15NO3. The second kappa shape index (κ2) is 7.36. The van der Waals surface area contributed by atoms with Gasteiger partial charge in [-0.3, -0.25) is 14.9 Å². The molecule has 0 amide bonds. The van der Waals surface area contributed by atoms with Crippen molar-refractivity contribution >= 4 is 23.1 Å². The minimum absolute atomic E-state index is 0.00618. The normalized spacial score (nSPS) is 11.1. The number of Topliss-reactive ketones (excluding diaryl/α,β-unsaturated/α-hetero) is 1. The third-order valence-electron chi connectivity index (χ3n) is 3.76. The molecule has 3 aromatic carbocycles. The molecule has 3 aromatic rings. The van der Waals surface area contributed by atoms with Gasteiger partial charge in [0.2, 0.25) is 0 Å². The lowest BCUT2D eigenvalue weighted by atomic mass is 9.95. The molecule has 0 unspecified atom stereocenters. The zero-order chi connectivity index (χ0) is 17.6. The summed E-state index contributed by atoms with van der Waals surface area (Å²) in [4.78, 5) is 23.5. The van der Waals surface area contributed by atoms with Crippen molar-refractivity contribution in [3.63, 3.8) is 0 Å². The summed E-state index contributed by atoms with van der Waals surface area (Å²) in [6, 6.07) is 24.5. The molecule has 0 aliphatic rings. The Bertz CT molecular complexity index is 932. The number of nitro benzene ring substituents is 1. The molecule has 25 heavy (non-hydrogen) atoms. The number of hydrogen-bond donors (Lipinski definition) is 0. The van der Waals surface area contributed by atoms with Gasteiger partial charge in [0.15, 0.2) is 5.78 Å². The van der Waals surface area contributed by atoms with Crippen LogP contribution in [0.5, 0.6) is 0 Å². The van der Waals surface area contributed by atoms with Crippen molar-refractivity contribution in [2.45, 2.75) is 0 Å². The zero-order valence-electron chi connectivity index (χ0n) is 13.3. The Labute approximate surface area is 145 Å². The van der Waals surface area contributed by atoms with E-state index >= 15 is 0 Å². The molecule has 0 aromatic heterocycles. The smallest absolute Gasteiger partial charge is 0.270 e. The number of nitrogens with zero attached hydrogens (tertiary/aromatic N) is 1. The third kappa shape index (κ3) is 3.87. The number of benzene rings is 3. The van der Waals surface area contributed by atoms with Crippen molar-refractivity contribution < 1.29 is 9.72 Å².